The number of ether oxygens (including phenoxy) is 3. The number of carboxylic acids is 1. The van der Waals surface area contributed by atoms with Crippen LogP contribution in [0.1, 0.15) is 129 Å². The maximum atomic E-state index is 12.6. The Morgan fingerprint density at radius 2 is 1.13 bits per heavy atom. The number of carbonyl (C=O) groups is 3. The molecule has 0 aromatic heterocycles. The van der Waals surface area contributed by atoms with Gasteiger partial charge in [-0.25, -0.2) is 4.57 Å². The van der Waals surface area contributed by atoms with Crippen LogP contribution in [-0.4, -0.2) is 72.1 Å². The number of carbonyl (C=O) groups excluding carboxylic acids is 2. The van der Waals surface area contributed by atoms with Crippen LogP contribution in [0.3, 0.4) is 0 Å². The molecule has 0 radical (unpaired) electrons. The lowest BCUT2D eigenvalue weighted by Gasteiger charge is -2.20. The fourth-order valence-electron chi connectivity index (χ4n) is 5.41. The summed E-state index contributed by atoms with van der Waals surface area (Å²) in [6, 6.07) is -1.55. The summed E-state index contributed by atoms with van der Waals surface area (Å²) < 4.78 is 38.3. The molecule has 13 heteroatoms. The first-order valence-corrected chi connectivity index (χ1v) is 23.5. The summed E-state index contributed by atoms with van der Waals surface area (Å²) >= 11 is 0. The summed E-state index contributed by atoms with van der Waals surface area (Å²) in [6.07, 6.45) is 52.1. The Morgan fingerprint density at radius 3 is 1.67 bits per heavy atom. The monoisotopic (exact) mass is 871 g/mol. The Labute approximate surface area is 365 Å². The Hall–Kier alpha value is -3.90. The zero-order valence-electron chi connectivity index (χ0n) is 36.6. The molecule has 0 aliphatic carbocycles. The highest BCUT2D eigenvalue weighted by Crippen LogP contribution is 2.43. The second-order valence-electron chi connectivity index (χ2n) is 14.5. The van der Waals surface area contributed by atoms with Gasteiger partial charge in [-0.3, -0.25) is 23.4 Å². The Morgan fingerprint density at radius 1 is 0.623 bits per heavy atom. The molecule has 1 fully saturated rings. The van der Waals surface area contributed by atoms with Crippen LogP contribution in [0.4, 0.5) is 0 Å². The Balaban J connectivity index is 2.38. The molecular formula is C48H74NO11P. The Bertz CT molecular complexity index is 1510. The van der Waals surface area contributed by atoms with Crippen LogP contribution in [0, 0.1) is 0 Å². The van der Waals surface area contributed by atoms with E-state index in [0.29, 0.717) is 37.9 Å². The SMILES string of the molecule is CC/C=C\C/C=C\C/C=C\C/C=C\C/C=C\C/C=C\CCC(=O)O[C@H](COC(=O)CCC/C=C\C/C=C\C/C=C\CC1OC1CCCCC)COP(=O)(O)OC[C@H](N)C(=O)O. The number of allylic oxidation sites excluding steroid dienone is 17. The molecule has 1 aliphatic rings. The highest BCUT2D eigenvalue weighted by atomic mass is 31.2. The number of esters is 2. The number of unbranched alkanes of at least 4 members (excludes halogenated alkanes) is 3. The molecule has 5 atom stereocenters. The smallest absolute Gasteiger partial charge is 0.472 e. The number of phosphoric ester groups is 1. The summed E-state index contributed by atoms with van der Waals surface area (Å²) in [5, 5.41) is 8.89. The molecule has 1 aliphatic heterocycles. The van der Waals surface area contributed by atoms with Crippen LogP contribution < -0.4 is 5.73 Å². The van der Waals surface area contributed by atoms with Gasteiger partial charge in [0.2, 0.25) is 0 Å². The van der Waals surface area contributed by atoms with Gasteiger partial charge in [0.25, 0.3) is 0 Å². The van der Waals surface area contributed by atoms with E-state index >= 15 is 0 Å². The van der Waals surface area contributed by atoms with Gasteiger partial charge in [-0.15, -0.1) is 0 Å². The normalized spacial score (nSPS) is 18.0. The summed E-state index contributed by atoms with van der Waals surface area (Å²) in [4.78, 5) is 46.0. The van der Waals surface area contributed by atoms with Gasteiger partial charge in [-0.05, 0) is 83.5 Å². The van der Waals surface area contributed by atoms with E-state index in [1.165, 1.54) is 25.7 Å². The number of phosphoric acid groups is 1. The highest BCUT2D eigenvalue weighted by Gasteiger charge is 2.36. The first-order valence-electron chi connectivity index (χ1n) is 22.0. The van der Waals surface area contributed by atoms with Crippen molar-refractivity contribution in [3.63, 3.8) is 0 Å². The zero-order chi connectivity index (χ0) is 44.7. The van der Waals surface area contributed by atoms with E-state index in [2.05, 4.69) is 97.4 Å². The minimum atomic E-state index is -4.76. The molecule has 0 saturated carbocycles. The van der Waals surface area contributed by atoms with Gasteiger partial charge in [-0.2, -0.15) is 0 Å². The van der Waals surface area contributed by atoms with Gasteiger partial charge >= 0.3 is 25.7 Å². The molecule has 0 spiro atoms. The molecular weight excluding hydrogens is 797 g/mol. The third-order valence-corrected chi connectivity index (χ3v) is 9.89. The second kappa shape index (κ2) is 37.8. The number of rotatable bonds is 38. The molecule has 0 amide bonds. The molecule has 1 rings (SSSR count). The third kappa shape index (κ3) is 35.4. The average Bonchev–Trinajstić information content (AvgIpc) is 3.99. The minimum absolute atomic E-state index is 0.0150. The first kappa shape index (κ1) is 55.1. The summed E-state index contributed by atoms with van der Waals surface area (Å²) in [7, 11) is -4.76. The lowest BCUT2D eigenvalue weighted by molar-refractivity contribution is -0.161. The predicted molar refractivity (Wildman–Crippen MR) is 244 cm³/mol. The zero-order valence-corrected chi connectivity index (χ0v) is 37.5. The maximum Gasteiger partial charge on any atom is 0.472 e. The van der Waals surface area contributed by atoms with Crippen LogP contribution in [0.25, 0.3) is 0 Å². The number of carboxylic acid groups (broad SMARTS) is 1. The van der Waals surface area contributed by atoms with E-state index in [1.807, 2.05) is 30.4 Å². The van der Waals surface area contributed by atoms with Crippen molar-refractivity contribution in [3.05, 3.63) is 109 Å². The molecule has 61 heavy (non-hydrogen) atoms. The molecule has 3 unspecified atom stereocenters. The molecule has 12 nitrogen and oxygen atoms in total. The lowest BCUT2D eigenvalue weighted by Crippen LogP contribution is -2.34. The average molecular weight is 872 g/mol. The maximum absolute atomic E-state index is 12.6. The molecule has 1 saturated heterocycles. The largest absolute Gasteiger partial charge is 0.480 e. The van der Waals surface area contributed by atoms with E-state index in [1.54, 1.807) is 0 Å². The van der Waals surface area contributed by atoms with Crippen LogP contribution in [0.5, 0.6) is 0 Å². The van der Waals surface area contributed by atoms with Gasteiger partial charge in [0.05, 0.1) is 25.4 Å². The molecule has 0 aromatic rings. The van der Waals surface area contributed by atoms with Gasteiger partial charge in [0.1, 0.15) is 12.6 Å². The number of hydrogen-bond donors (Lipinski definition) is 3. The van der Waals surface area contributed by atoms with Crippen molar-refractivity contribution in [2.24, 2.45) is 5.73 Å². The topological polar surface area (TPSA) is 184 Å². The summed E-state index contributed by atoms with van der Waals surface area (Å²) in [5.41, 5.74) is 5.33. The van der Waals surface area contributed by atoms with Crippen LogP contribution >= 0.6 is 7.82 Å². The van der Waals surface area contributed by atoms with Gasteiger partial charge < -0.3 is 29.9 Å². The second-order valence-corrected chi connectivity index (χ2v) is 15.9. The number of aliphatic carboxylic acids is 1. The lowest BCUT2D eigenvalue weighted by atomic mass is 10.1. The summed E-state index contributed by atoms with van der Waals surface area (Å²) in [6.45, 7) is 2.50. The van der Waals surface area contributed by atoms with Gasteiger partial charge in [-0.1, -0.05) is 142 Å². The van der Waals surface area contributed by atoms with Crippen molar-refractivity contribution in [1.29, 1.82) is 0 Å². The van der Waals surface area contributed by atoms with E-state index in [4.69, 9.17) is 29.6 Å². The number of epoxide rings is 1. The van der Waals surface area contributed by atoms with Gasteiger partial charge in [0, 0.05) is 12.8 Å². The highest BCUT2D eigenvalue weighted by molar-refractivity contribution is 7.47. The predicted octanol–water partition coefficient (Wildman–Crippen LogP) is 10.8. The molecule has 4 N–H and O–H groups in total. The van der Waals surface area contributed by atoms with Crippen molar-refractivity contribution >= 4 is 25.7 Å². The van der Waals surface area contributed by atoms with Crippen molar-refractivity contribution in [2.75, 3.05) is 19.8 Å². The van der Waals surface area contributed by atoms with Crippen molar-refractivity contribution in [3.8, 4) is 0 Å². The van der Waals surface area contributed by atoms with E-state index in [-0.39, 0.29) is 12.8 Å². The summed E-state index contributed by atoms with van der Waals surface area (Å²) in [5.74, 6) is -2.58. The van der Waals surface area contributed by atoms with Crippen molar-refractivity contribution in [1.82, 2.24) is 0 Å². The van der Waals surface area contributed by atoms with E-state index < -0.39 is 57.7 Å². The fraction of sp³-hybridized carbons (Fsp3) is 0.562. The van der Waals surface area contributed by atoms with Crippen molar-refractivity contribution < 1.29 is 52.2 Å². The standard InChI is InChI=1S/C48H74NO11P/c1-3-5-7-8-9-10-11-12-13-14-15-16-17-18-19-24-27-30-34-38-47(51)59-42(40-57-61(54,55)58-41-43(49)48(52)53)39-56-46(50)37-33-29-26-23-21-20-22-25-28-32-36-45-44(60-45)35-31-6-4-2/h5,7,9-10,12-13,15-16,18-20,22-23,26-28,30,32,42-45H,3-4,6,8,11,14,17,21,24-25,29,31,33-41,49H2,1-2H3,(H,52,53)(H,54,55)/b7-5-,10-9-,13-12-,16-15-,19-18-,22-20-,26-23-,30-27-,32-28-/t42-,43+,44?,45?/m1/s1. The fourth-order valence-corrected chi connectivity index (χ4v) is 6.19. The minimum Gasteiger partial charge on any atom is -0.480 e. The molecule has 0 bridgehead atoms. The number of hydrogen-bond acceptors (Lipinski definition) is 10. The molecule has 1 heterocycles. The number of nitrogens with two attached hydrogens (primary N) is 1. The van der Waals surface area contributed by atoms with E-state index in [0.717, 1.165) is 51.4 Å². The van der Waals surface area contributed by atoms with Gasteiger partial charge in [0.15, 0.2) is 6.10 Å². The van der Waals surface area contributed by atoms with Crippen LogP contribution in [0.2, 0.25) is 0 Å². The molecule has 0 aromatic carbocycles. The first-order chi connectivity index (χ1) is 29.6. The Kier molecular flexibility index (Phi) is 34.2. The quantitative estimate of drug-likeness (QED) is 0.0176. The van der Waals surface area contributed by atoms with Crippen molar-refractivity contribution in [2.45, 2.75) is 154 Å². The van der Waals surface area contributed by atoms with Crippen LogP contribution in [0.15, 0.2) is 109 Å². The molecule has 342 valence electrons. The van der Waals surface area contributed by atoms with E-state index in [9.17, 15) is 23.8 Å². The van der Waals surface area contributed by atoms with Crippen LogP contribution in [-0.2, 0) is 42.2 Å². The third-order valence-electron chi connectivity index (χ3n) is 8.94.